The van der Waals surface area contributed by atoms with Gasteiger partial charge in [-0.25, -0.2) is 4.98 Å². The Kier molecular flexibility index (Phi) is 3.31. The van der Waals surface area contributed by atoms with Crippen molar-refractivity contribution in [2.24, 2.45) is 0 Å². The number of hydrogen-bond acceptors (Lipinski definition) is 5. The van der Waals surface area contributed by atoms with E-state index in [1.807, 2.05) is 26.0 Å². The molecule has 1 N–H and O–H groups in total. The number of nitrogens with one attached hydrogen (secondary N) is 1. The Morgan fingerprint density at radius 1 is 1.33 bits per heavy atom. The van der Waals surface area contributed by atoms with Crippen molar-refractivity contribution in [3.63, 3.8) is 0 Å². The summed E-state index contributed by atoms with van der Waals surface area (Å²) in [6, 6.07) is 5.30. The smallest absolute Gasteiger partial charge is 0.270 e. The molecule has 106 valence electrons. The van der Waals surface area contributed by atoms with Crippen molar-refractivity contribution < 1.29 is 4.79 Å². The minimum Gasteiger partial charge on any atom is -0.344 e. The van der Waals surface area contributed by atoms with Crippen LogP contribution in [0.5, 0.6) is 0 Å². The number of hydrogen-bond donors (Lipinski definition) is 1. The minimum atomic E-state index is -0.222. The lowest BCUT2D eigenvalue weighted by atomic mass is 10.1. The predicted octanol–water partition coefficient (Wildman–Crippen LogP) is 1.32. The first-order valence-corrected chi connectivity index (χ1v) is 6.53. The van der Waals surface area contributed by atoms with Gasteiger partial charge in [-0.3, -0.25) is 9.78 Å². The normalized spacial score (nSPS) is 12.3. The van der Waals surface area contributed by atoms with E-state index in [0.717, 1.165) is 11.3 Å². The van der Waals surface area contributed by atoms with E-state index in [1.54, 1.807) is 18.5 Å². The number of fused-ring (bicyclic) bond motifs is 1. The summed E-state index contributed by atoms with van der Waals surface area (Å²) in [7, 11) is 0. The number of rotatable bonds is 3. The Labute approximate surface area is 121 Å². The first-order valence-electron chi connectivity index (χ1n) is 6.53. The van der Waals surface area contributed by atoms with Crippen LogP contribution in [0.2, 0.25) is 0 Å². The fraction of sp³-hybridized carbons (Fsp3) is 0.214. The molecular weight excluding hydrogens is 268 g/mol. The first-order chi connectivity index (χ1) is 10.1. The maximum absolute atomic E-state index is 12.4. The number of carbonyl (C=O) groups is 1. The van der Waals surface area contributed by atoms with Gasteiger partial charge in [0.1, 0.15) is 12.0 Å². The van der Waals surface area contributed by atoms with Gasteiger partial charge in [0.15, 0.2) is 0 Å². The molecule has 0 aliphatic rings. The van der Waals surface area contributed by atoms with Crippen molar-refractivity contribution in [1.29, 1.82) is 0 Å². The van der Waals surface area contributed by atoms with Gasteiger partial charge >= 0.3 is 0 Å². The molecule has 7 nitrogen and oxygen atoms in total. The van der Waals surface area contributed by atoms with E-state index in [1.165, 1.54) is 10.8 Å². The molecule has 0 aliphatic carbocycles. The van der Waals surface area contributed by atoms with Crippen LogP contribution in [-0.4, -0.2) is 30.5 Å². The summed E-state index contributed by atoms with van der Waals surface area (Å²) in [5.41, 5.74) is 2.12. The summed E-state index contributed by atoms with van der Waals surface area (Å²) in [6.07, 6.45) is 4.78. The van der Waals surface area contributed by atoms with Crippen molar-refractivity contribution in [2.75, 3.05) is 0 Å². The molecule has 0 saturated carbocycles. The van der Waals surface area contributed by atoms with Gasteiger partial charge in [0.05, 0.1) is 6.04 Å². The highest BCUT2D eigenvalue weighted by atomic mass is 16.2. The van der Waals surface area contributed by atoms with Crippen LogP contribution in [0.4, 0.5) is 0 Å². The average molecular weight is 282 g/mol. The molecule has 7 heteroatoms. The molecule has 3 aromatic heterocycles. The number of aromatic nitrogens is 5. The Morgan fingerprint density at radius 3 is 2.86 bits per heavy atom. The topological polar surface area (TPSA) is 85.1 Å². The highest BCUT2D eigenvalue weighted by molar-refractivity contribution is 5.93. The van der Waals surface area contributed by atoms with Crippen molar-refractivity contribution in [1.82, 2.24) is 29.9 Å². The molecule has 0 saturated heterocycles. The second-order valence-electron chi connectivity index (χ2n) is 4.73. The monoisotopic (exact) mass is 282 g/mol. The van der Waals surface area contributed by atoms with Gasteiger partial charge in [0, 0.05) is 18.1 Å². The summed E-state index contributed by atoms with van der Waals surface area (Å²) in [6.45, 7) is 3.73. The fourth-order valence-electron chi connectivity index (χ4n) is 2.10. The second-order valence-corrected chi connectivity index (χ2v) is 4.73. The van der Waals surface area contributed by atoms with Crippen molar-refractivity contribution >= 4 is 11.7 Å². The molecule has 0 aliphatic heterocycles. The Balaban J connectivity index is 1.89. The number of carbonyl (C=O) groups excluding carboxylic acids is 1. The van der Waals surface area contributed by atoms with Crippen LogP contribution < -0.4 is 5.32 Å². The number of nitrogens with zero attached hydrogens (tertiary/aromatic N) is 5. The minimum absolute atomic E-state index is 0.132. The number of aryl methyl sites for hydroxylation is 1. The van der Waals surface area contributed by atoms with Gasteiger partial charge in [-0.15, -0.1) is 0 Å². The van der Waals surface area contributed by atoms with Crippen LogP contribution in [0.15, 0.2) is 36.9 Å². The molecule has 0 fully saturated rings. The third-order valence-corrected chi connectivity index (χ3v) is 3.17. The maximum Gasteiger partial charge on any atom is 0.270 e. The molecule has 3 rings (SSSR count). The maximum atomic E-state index is 12.4. The third-order valence-electron chi connectivity index (χ3n) is 3.17. The second kappa shape index (κ2) is 5.28. The van der Waals surface area contributed by atoms with Crippen LogP contribution in [0.25, 0.3) is 5.78 Å². The zero-order valence-electron chi connectivity index (χ0n) is 11.7. The van der Waals surface area contributed by atoms with Gasteiger partial charge in [0.25, 0.3) is 11.7 Å². The summed E-state index contributed by atoms with van der Waals surface area (Å²) >= 11 is 0. The van der Waals surface area contributed by atoms with E-state index in [9.17, 15) is 4.79 Å². The van der Waals surface area contributed by atoms with Crippen LogP contribution in [-0.2, 0) is 0 Å². The van der Waals surface area contributed by atoms with E-state index >= 15 is 0 Å². The van der Waals surface area contributed by atoms with Gasteiger partial charge in [-0.05, 0) is 37.6 Å². The van der Waals surface area contributed by atoms with Crippen molar-refractivity contribution in [2.45, 2.75) is 19.9 Å². The van der Waals surface area contributed by atoms with Crippen molar-refractivity contribution in [3.05, 3.63) is 53.9 Å². The van der Waals surface area contributed by atoms with Gasteiger partial charge < -0.3 is 5.32 Å². The lowest BCUT2D eigenvalue weighted by Gasteiger charge is -2.14. The molecule has 0 aromatic carbocycles. The third kappa shape index (κ3) is 2.58. The zero-order valence-corrected chi connectivity index (χ0v) is 11.7. The molecule has 21 heavy (non-hydrogen) atoms. The zero-order chi connectivity index (χ0) is 14.8. The Bertz CT molecular complexity index is 783. The van der Waals surface area contributed by atoms with Gasteiger partial charge in [-0.2, -0.15) is 14.6 Å². The number of pyridine rings is 1. The van der Waals surface area contributed by atoms with Crippen LogP contribution >= 0.6 is 0 Å². The molecule has 1 amide bonds. The van der Waals surface area contributed by atoms with Crippen LogP contribution in [0.3, 0.4) is 0 Å². The standard InChI is InChI=1S/C14H14N6O/c1-9-7-12(20-14(18-9)16-8-17-20)13(21)19-10(2)11-3-5-15-6-4-11/h3-8,10H,1-2H3,(H,19,21)/t10-/m1/s1. The van der Waals surface area contributed by atoms with E-state index in [4.69, 9.17) is 0 Å². The van der Waals surface area contributed by atoms with Gasteiger partial charge in [0.2, 0.25) is 0 Å². The van der Waals surface area contributed by atoms with Gasteiger partial charge in [-0.1, -0.05) is 0 Å². The van der Waals surface area contributed by atoms with E-state index in [-0.39, 0.29) is 11.9 Å². The summed E-state index contributed by atoms with van der Waals surface area (Å²) in [5, 5.41) is 6.97. The first kappa shape index (κ1) is 13.2. The fourth-order valence-corrected chi connectivity index (χ4v) is 2.10. The van der Waals surface area contributed by atoms with Crippen molar-refractivity contribution in [3.8, 4) is 0 Å². The molecule has 3 aromatic rings. The summed E-state index contributed by atoms with van der Waals surface area (Å²) in [4.78, 5) is 24.6. The average Bonchev–Trinajstić information content (AvgIpc) is 2.95. The highest BCUT2D eigenvalue weighted by Crippen LogP contribution is 2.12. The molecule has 0 spiro atoms. The van der Waals surface area contributed by atoms with E-state index in [2.05, 4.69) is 25.4 Å². The lowest BCUT2D eigenvalue weighted by molar-refractivity contribution is 0.0932. The Hall–Kier alpha value is -2.83. The lowest BCUT2D eigenvalue weighted by Crippen LogP contribution is -2.28. The summed E-state index contributed by atoms with van der Waals surface area (Å²) in [5.74, 6) is 0.192. The highest BCUT2D eigenvalue weighted by Gasteiger charge is 2.16. The molecular formula is C14H14N6O. The predicted molar refractivity (Wildman–Crippen MR) is 75.6 cm³/mol. The molecule has 3 heterocycles. The molecule has 0 radical (unpaired) electrons. The SMILES string of the molecule is Cc1cc(C(=O)N[C@H](C)c2ccncc2)n2ncnc2n1. The number of amides is 1. The molecule has 1 atom stereocenters. The summed E-state index contributed by atoms with van der Waals surface area (Å²) < 4.78 is 1.43. The Morgan fingerprint density at radius 2 is 2.10 bits per heavy atom. The largest absolute Gasteiger partial charge is 0.344 e. The van der Waals surface area contributed by atoms with E-state index in [0.29, 0.717) is 11.5 Å². The van der Waals surface area contributed by atoms with Crippen LogP contribution in [0.1, 0.15) is 34.7 Å². The molecule has 0 unspecified atom stereocenters. The van der Waals surface area contributed by atoms with E-state index < -0.39 is 0 Å². The molecule has 0 bridgehead atoms. The quantitative estimate of drug-likeness (QED) is 0.783. The van der Waals surface area contributed by atoms with Crippen LogP contribution in [0, 0.1) is 6.92 Å².